The molecule has 2 aliphatic rings. The van der Waals surface area contributed by atoms with Crippen molar-refractivity contribution < 1.29 is 14.3 Å². The number of carbonyl (C=O) groups excluding carboxylic acids is 1. The molecular formula is C13H16N2O3. The summed E-state index contributed by atoms with van der Waals surface area (Å²) < 4.78 is 10.9. The summed E-state index contributed by atoms with van der Waals surface area (Å²) in [4.78, 5) is 14.2. The molecule has 0 saturated carbocycles. The number of para-hydroxylation sites is 1. The van der Waals surface area contributed by atoms with Gasteiger partial charge in [0, 0.05) is 6.54 Å². The Balaban J connectivity index is 2.03. The number of rotatable bonds is 2. The predicted molar refractivity (Wildman–Crippen MR) is 68.2 cm³/mol. The summed E-state index contributed by atoms with van der Waals surface area (Å²) in [6.07, 6.45) is 0. The molecule has 18 heavy (non-hydrogen) atoms. The lowest BCUT2D eigenvalue weighted by atomic mass is 10.1. The van der Waals surface area contributed by atoms with Crippen LogP contribution < -0.4 is 15.0 Å². The second-order valence-corrected chi connectivity index (χ2v) is 4.36. The molecule has 0 radical (unpaired) electrons. The fraction of sp³-hybridized carbons (Fsp3) is 0.462. The van der Waals surface area contributed by atoms with E-state index in [-0.39, 0.29) is 11.9 Å². The topological polar surface area (TPSA) is 50.8 Å². The first-order valence-corrected chi connectivity index (χ1v) is 6.22. The van der Waals surface area contributed by atoms with Crippen LogP contribution in [0.2, 0.25) is 0 Å². The number of anilines is 2. The van der Waals surface area contributed by atoms with Gasteiger partial charge in [0.1, 0.15) is 17.5 Å². The minimum atomic E-state index is -0.219. The molecule has 1 aromatic carbocycles. The zero-order valence-electron chi connectivity index (χ0n) is 10.3. The lowest BCUT2D eigenvalue weighted by Gasteiger charge is -2.41. The molecule has 1 fully saturated rings. The van der Waals surface area contributed by atoms with Gasteiger partial charge in [-0.15, -0.1) is 0 Å². The van der Waals surface area contributed by atoms with Crippen LogP contribution in [0.15, 0.2) is 18.2 Å². The van der Waals surface area contributed by atoms with Crippen molar-refractivity contribution in [1.82, 2.24) is 0 Å². The van der Waals surface area contributed by atoms with Gasteiger partial charge in [-0.1, -0.05) is 6.07 Å². The maximum Gasteiger partial charge on any atom is 0.249 e. The fourth-order valence-corrected chi connectivity index (χ4v) is 2.48. The molecular weight excluding hydrogens is 232 g/mol. The van der Waals surface area contributed by atoms with E-state index >= 15 is 0 Å². The van der Waals surface area contributed by atoms with Crippen LogP contribution in [0.5, 0.6) is 5.75 Å². The highest BCUT2D eigenvalue weighted by molar-refractivity contribution is 6.05. The number of nitrogens with zero attached hydrogens (tertiary/aromatic N) is 1. The number of ether oxygens (including phenoxy) is 2. The molecule has 1 unspecified atom stereocenters. The van der Waals surface area contributed by atoms with E-state index in [9.17, 15) is 4.79 Å². The Kier molecular flexibility index (Phi) is 2.83. The number of fused-ring (bicyclic) bond motifs is 3. The zero-order chi connectivity index (χ0) is 12.5. The average Bonchev–Trinajstić information content (AvgIpc) is 2.41. The van der Waals surface area contributed by atoms with Crippen molar-refractivity contribution in [2.75, 3.05) is 36.6 Å². The number of nitrogens with one attached hydrogen (secondary N) is 1. The second-order valence-electron chi connectivity index (χ2n) is 4.36. The lowest BCUT2D eigenvalue weighted by Crippen LogP contribution is -2.54. The van der Waals surface area contributed by atoms with Gasteiger partial charge in [0.05, 0.1) is 25.5 Å². The minimum Gasteiger partial charge on any atom is -0.492 e. The molecule has 96 valence electrons. The lowest BCUT2D eigenvalue weighted by molar-refractivity contribution is -0.119. The monoisotopic (exact) mass is 248 g/mol. The van der Waals surface area contributed by atoms with Gasteiger partial charge in [0.2, 0.25) is 5.91 Å². The molecule has 0 aliphatic carbocycles. The number of amides is 1. The maximum atomic E-state index is 12.1. The summed E-state index contributed by atoms with van der Waals surface area (Å²) in [7, 11) is 0. The summed E-state index contributed by atoms with van der Waals surface area (Å²) >= 11 is 0. The number of carbonyl (C=O) groups is 1. The van der Waals surface area contributed by atoms with Crippen LogP contribution in [-0.4, -0.2) is 38.3 Å². The summed E-state index contributed by atoms with van der Waals surface area (Å²) in [5.41, 5.74) is 1.80. The number of hydrogen-bond donors (Lipinski definition) is 1. The van der Waals surface area contributed by atoms with Crippen LogP contribution >= 0.6 is 0 Å². The first kappa shape index (κ1) is 11.3. The molecule has 0 aromatic heterocycles. The third-order valence-corrected chi connectivity index (χ3v) is 3.29. The van der Waals surface area contributed by atoms with Crippen LogP contribution in [0.3, 0.4) is 0 Å². The van der Waals surface area contributed by atoms with Crippen LogP contribution in [-0.2, 0) is 9.53 Å². The molecule has 1 amide bonds. The Morgan fingerprint density at radius 2 is 2.44 bits per heavy atom. The summed E-state index contributed by atoms with van der Waals surface area (Å²) in [6, 6.07) is 5.62. The van der Waals surface area contributed by atoms with Crippen LogP contribution in [0.4, 0.5) is 11.4 Å². The Morgan fingerprint density at radius 1 is 1.56 bits per heavy atom. The molecule has 5 nitrogen and oxygen atoms in total. The maximum absolute atomic E-state index is 12.1. The molecule has 1 atom stereocenters. The van der Waals surface area contributed by atoms with E-state index in [0.717, 1.165) is 23.7 Å². The van der Waals surface area contributed by atoms with Crippen molar-refractivity contribution in [3.8, 4) is 5.75 Å². The molecule has 1 aromatic rings. The van der Waals surface area contributed by atoms with E-state index in [1.54, 1.807) is 0 Å². The Bertz CT molecular complexity index is 475. The van der Waals surface area contributed by atoms with Gasteiger partial charge >= 0.3 is 0 Å². The smallest absolute Gasteiger partial charge is 0.249 e. The fourth-order valence-electron chi connectivity index (χ4n) is 2.48. The van der Waals surface area contributed by atoms with E-state index in [0.29, 0.717) is 19.8 Å². The van der Waals surface area contributed by atoms with Gasteiger partial charge in [-0.25, -0.2) is 0 Å². The van der Waals surface area contributed by atoms with Gasteiger partial charge in [-0.2, -0.15) is 0 Å². The third kappa shape index (κ3) is 1.71. The minimum absolute atomic E-state index is 0.0191. The van der Waals surface area contributed by atoms with Crippen LogP contribution in [0, 0.1) is 0 Å². The number of hydrogen-bond acceptors (Lipinski definition) is 4. The number of morpholine rings is 1. The van der Waals surface area contributed by atoms with E-state index in [1.807, 2.05) is 25.1 Å². The van der Waals surface area contributed by atoms with Gasteiger partial charge in [0.25, 0.3) is 0 Å². The van der Waals surface area contributed by atoms with Crippen molar-refractivity contribution >= 4 is 17.3 Å². The van der Waals surface area contributed by atoms with E-state index in [1.165, 1.54) is 0 Å². The van der Waals surface area contributed by atoms with Crippen molar-refractivity contribution in [2.45, 2.75) is 13.0 Å². The highest BCUT2D eigenvalue weighted by Gasteiger charge is 2.36. The molecule has 5 heteroatoms. The zero-order valence-corrected chi connectivity index (χ0v) is 10.3. The SMILES string of the molecule is CCOc1cccc2c1NC(=O)C1COCCN21. The molecule has 1 saturated heterocycles. The first-order valence-electron chi connectivity index (χ1n) is 6.22. The molecule has 0 spiro atoms. The highest BCUT2D eigenvalue weighted by atomic mass is 16.5. The highest BCUT2D eigenvalue weighted by Crippen LogP contribution is 2.39. The second kappa shape index (κ2) is 4.49. The van der Waals surface area contributed by atoms with Gasteiger partial charge in [-0.3, -0.25) is 4.79 Å². The van der Waals surface area contributed by atoms with Crippen molar-refractivity contribution in [1.29, 1.82) is 0 Å². The first-order chi connectivity index (χ1) is 8.81. The number of benzene rings is 1. The largest absolute Gasteiger partial charge is 0.492 e. The average molecular weight is 248 g/mol. The van der Waals surface area contributed by atoms with Crippen molar-refractivity contribution in [3.05, 3.63) is 18.2 Å². The van der Waals surface area contributed by atoms with Crippen molar-refractivity contribution in [2.24, 2.45) is 0 Å². The molecule has 0 bridgehead atoms. The van der Waals surface area contributed by atoms with E-state index < -0.39 is 0 Å². The van der Waals surface area contributed by atoms with Gasteiger partial charge in [0.15, 0.2) is 0 Å². The molecule has 3 rings (SSSR count). The molecule has 1 N–H and O–H groups in total. The van der Waals surface area contributed by atoms with Gasteiger partial charge in [-0.05, 0) is 19.1 Å². The van der Waals surface area contributed by atoms with Crippen LogP contribution in [0.1, 0.15) is 6.92 Å². The summed E-state index contributed by atoms with van der Waals surface area (Å²) in [5, 5.41) is 2.93. The van der Waals surface area contributed by atoms with Gasteiger partial charge < -0.3 is 19.7 Å². The molecule has 2 aliphatic heterocycles. The Hall–Kier alpha value is -1.75. The Morgan fingerprint density at radius 3 is 3.28 bits per heavy atom. The van der Waals surface area contributed by atoms with Crippen molar-refractivity contribution in [3.63, 3.8) is 0 Å². The summed E-state index contributed by atoms with van der Waals surface area (Å²) in [6.45, 7) is 4.35. The third-order valence-electron chi connectivity index (χ3n) is 3.29. The summed E-state index contributed by atoms with van der Waals surface area (Å²) in [5.74, 6) is 0.711. The van der Waals surface area contributed by atoms with E-state index in [2.05, 4.69) is 10.2 Å². The normalized spacial score (nSPS) is 21.9. The quantitative estimate of drug-likeness (QED) is 0.855. The van der Waals surface area contributed by atoms with Crippen LogP contribution in [0.25, 0.3) is 0 Å². The van der Waals surface area contributed by atoms with E-state index in [4.69, 9.17) is 9.47 Å². The molecule has 2 heterocycles. The Labute approximate surface area is 106 Å². The standard InChI is InChI=1S/C13H16N2O3/c1-2-18-11-5-3-4-9-12(11)14-13(16)10-8-17-7-6-15(9)10/h3-5,10H,2,6-8H2,1H3,(H,14,16). The predicted octanol–water partition coefficient (Wildman–Crippen LogP) is 1.24.